The molecular weight excluding hydrogens is 269 g/mol. The van der Waals surface area contributed by atoms with Crippen LogP contribution < -0.4 is 5.32 Å². The van der Waals surface area contributed by atoms with E-state index in [0.717, 1.165) is 7.05 Å². The maximum atomic E-state index is 12.2. The van der Waals surface area contributed by atoms with Gasteiger partial charge in [0.05, 0.1) is 4.90 Å². The number of hydrogen-bond donors (Lipinski definition) is 1. The smallest absolute Gasteiger partial charge is 0.388 e. The van der Waals surface area contributed by atoms with Crippen molar-refractivity contribution in [1.29, 1.82) is 0 Å². The van der Waals surface area contributed by atoms with Gasteiger partial charge in [0.25, 0.3) is 0 Å². The largest absolute Gasteiger partial charge is 0.402 e. The molecule has 0 aliphatic carbocycles. The molecule has 0 spiro atoms. The summed E-state index contributed by atoms with van der Waals surface area (Å²) in [7, 11) is -1.56. The van der Waals surface area contributed by atoms with E-state index in [1.54, 1.807) is 7.05 Å². The molecule has 1 aromatic carbocycles. The standard InChI is InChI=1S/C10H13F3N2O2S/c1-14-8-3-5-9(6-4-8)18(16,17)15(2)7-10(11,12)13/h3-6,14H,7H2,1-2H3. The average molecular weight is 282 g/mol. The van der Waals surface area contributed by atoms with Gasteiger partial charge in [-0.3, -0.25) is 0 Å². The van der Waals surface area contributed by atoms with E-state index in [4.69, 9.17) is 0 Å². The molecule has 1 N–H and O–H groups in total. The van der Waals surface area contributed by atoms with E-state index in [1.807, 2.05) is 0 Å². The van der Waals surface area contributed by atoms with Gasteiger partial charge < -0.3 is 5.32 Å². The second-order valence-electron chi connectivity index (χ2n) is 3.65. The highest BCUT2D eigenvalue weighted by atomic mass is 32.2. The summed E-state index contributed by atoms with van der Waals surface area (Å²) in [4.78, 5) is -0.173. The maximum Gasteiger partial charge on any atom is 0.402 e. The molecule has 0 bridgehead atoms. The first-order chi connectivity index (χ1) is 8.16. The van der Waals surface area contributed by atoms with Crippen molar-refractivity contribution >= 4 is 15.7 Å². The lowest BCUT2D eigenvalue weighted by atomic mass is 10.3. The molecule has 18 heavy (non-hydrogen) atoms. The zero-order valence-corrected chi connectivity index (χ0v) is 10.6. The molecule has 4 nitrogen and oxygen atoms in total. The summed E-state index contributed by atoms with van der Waals surface area (Å²) in [6, 6.07) is 5.48. The molecule has 1 aromatic rings. The van der Waals surface area contributed by atoms with Gasteiger partial charge in [-0.15, -0.1) is 0 Å². The van der Waals surface area contributed by atoms with Gasteiger partial charge in [-0.2, -0.15) is 17.5 Å². The number of nitrogens with one attached hydrogen (secondary N) is 1. The van der Waals surface area contributed by atoms with Gasteiger partial charge >= 0.3 is 6.18 Å². The molecule has 0 fully saturated rings. The van der Waals surface area contributed by atoms with E-state index < -0.39 is 22.7 Å². The Balaban J connectivity index is 2.98. The Hall–Kier alpha value is -1.28. The van der Waals surface area contributed by atoms with Crippen LogP contribution in [0.1, 0.15) is 0 Å². The Labute approximate surface area is 103 Å². The molecule has 0 aliphatic heterocycles. The first kappa shape index (κ1) is 14.8. The van der Waals surface area contributed by atoms with Crippen molar-refractivity contribution in [2.75, 3.05) is 26.0 Å². The lowest BCUT2D eigenvalue weighted by molar-refractivity contribution is -0.134. The molecule has 0 aliphatic rings. The second-order valence-corrected chi connectivity index (χ2v) is 5.70. The molecular formula is C10H13F3N2O2S. The van der Waals surface area contributed by atoms with Crippen molar-refractivity contribution in [3.8, 4) is 0 Å². The van der Waals surface area contributed by atoms with Crippen LogP contribution in [0.5, 0.6) is 0 Å². The van der Waals surface area contributed by atoms with Crippen LogP contribution in [0, 0.1) is 0 Å². The summed E-state index contributed by atoms with van der Waals surface area (Å²) in [5, 5.41) is 2.78. The predicted octanol–water partition coefficient (Wildman–Crippen LogP) is 1.91. The van der Waals surface area contributed by atoms with Crippen LogP contribution >= 0.6 is 0 Å². The fourth-order valence-corrected chi connectivity index (χ4v) is 2.47. The van der Waals surface area contributed by atoms with Gasteiger partial charge in [0.1, 0.15) is 6.54 Å². The molecule has 8 heteroatoms. The number of alkyl halides is 3. The highest BCUT2D eigenvalue weighted by Crippen LogP contribution is 2.22. The molecule has 102 valence electrons. The van der Waals surface area contributed by atoms with Gasteiger partial charge in [0, 0.05) is 19.8 Å². The molecule has 0 radical (unpaired) electrons. The van der Waals surface area contributed by atoms with E-state index in [0.29, 0.717) is 5.69 Å². The minimum Gasteiger partial charge on any atom is -0.388 e. The highest BCUT2D eigenvalue weighted by molar-refractivity contribution is 7.89. The van der Waals surface area contributed by atoms with Crippen LogP contribution in [-0.4, -0.2) is 39.5 Å². The van der Waals surface area contributed by atoms with Crippen LogP contribution in [0.25, 0.3) is 0 Å². The molecule has 0 saturated carbocycles. The Morgan fingerprint density at radius 2 is 1.72 bits per heavy atom. The third-order valence-electron chi connectivity index (χ3n) is 2.25. The van der Waals surface area contributed by atoms with Gasteiger partial charge in [0.15, 0.2) is 0 Å². The Bertz CT molecular complexity index is 497. The normalized spacial score (nSPS) is 12.8. The third kappa shape index (κ3) is 3.61. The van der Waals surface area contributed by atoms with Crippen LogP contribution in [-0.2, 0) is 10.0 Å². The monoisotopic (exact) mass is 282 g/mol. The van der Waals surface area contributed by atoms with Crippen molar-refractivity contribution in [3.63, 3.8) is 0 Å². The number of nitrogens with zero attached hydrogens (tertiary/aromatic N) is 1. The number of rotatable bonds is 4. The molecule has 0 aromatic heterocycles. The zero-order valence-electron chi connectivity index (χ0n) is 9.82. The maximum absolute atomic E-state index is 12.2. The summed E-state index contributed by atoms with van der Waals surface area (Å²) in [6.07, 6.45) is -4.56. The lowest BCUT2D eigenvalue weighted by Gasteiger charge is -2.18. The number of benzene rings is 1. The summed E-state index contributed by atoms with van der Waals surface area (Å²) in [5.41, 5.74) is 0.674. The minimum absolute atomic E-state index is 0.173. The minimum atomic E-state index is -4.56. The Kier molecular flexibility index (Phi) is 4.23. The van der Waals surface area contributed by atoms with Gasteiger partial charge in [-0.25, -0.2) is 8.42 Å². The van der Waals surface area contributed by atoms with Crippen molar-refractivity contribution in [3.05, 3.63) is 24.3 Å². The fraction of sp³-hybridized carbons (Fsp3) is 0.400. The van der Waals surface area contributed by atoms with Crippen LogP contribution in [0.3, 0.4) is 0 Å². The summed E-state index contributed by atoms with van der Waals surface area (Å²) in [5.74, 6) is 0. The van der Waals surface area contributed by atoms with Gasteiger partial charge in [-0.1, -0.05) is 0 Å². The summed E-state index contributed by atoms with van der Waals surface area (Å²) < 4.78 is 60.4. The molecule has 1 rings (SSSR count). The average Bonchev–Trinajstić information content (AvgIpc) is 2.27. The molecule has 0 amide bonds. The number of halogens is 3. The van der Waals surface area contributed by atoms with E-state index in [9.17, 15) is 21.6 Å². The molecule has 0 saturated heterocycles. The highest BCUT2D eigenvalue weighted by Gasteiger charge is 2.34. The van der Waals surface area contributed by atoms with Gasteiger partial charge in [0.2, 0.25) is 10.0 Å². The van der Waals surface area contributed by atoms with E-state index in [2.05, 4.69) is 5.32 Å². The van der Waals surface area contributed by atoms with Crippen LogP contribution in [0.4, 0.5) is 18.9 Å². The SMILES string of the molecule is CNc1ccc(S(=O)(=O)N(C)CC(F)(F)F)cc1. The predicted molar refractivity (Wildman–Crippen MR) is 61.9 cm³/mol. The zero-order chi connectivity index (χ0) is 14.0. The quantitative estimate of drug-likeness (QED) is 0.917. The Morgan fingerprint density at radius 3 is 2.11 bits per heavy atom. The first-order valence-electron chi connectivity index (χ1n) is 4.98. The van der Waals surface area contributed by atoms with Crippen molar-refractivity contribution in [2.24, 2.45) is 0 Å². The van der Waals surface area contributed by atoms with Crippen molar-refractivity contribution < 1.29 is 21.6 Å². The van der Waals surface area contributed by atoms with E-state index in [1.165, 1.54) is 24.3 Å². The second kappa shape index (κ2) is 5.15. The first-order valence-corrected chi connectivity index (χ1v) is 6.42. The van der Waals surface area contributed by atoms with Gasteiger partial charge in [-0.05, 0) is 24.3 Å². The molecule has 0 atom stereocenters. The van der Waals surface area contributed by atoms with Crippen LogP contribution in [0.2, 0.25) is 0 Å². The number of sulfonamides is 1. The van der Waals surface area contributed by atoms with Crippen molar-refractivity contribution in [2.45, 2.75) is 11.1 Å². The number of anilines is 1. The number of hydrogen-bond acceptors (Lipinski definition) is 3. The van der Waals surface area contributed by atoms with Crippen molar-refractivity contribution in [1.82, 2.24) is 4.31 Å². The molecule has 0 heterocycles. The lowest BCUT2D eigenvalue weighted by Crippen LogP contribution is -2.35. The summed E-state index contributed by atoms with van der Waals surface area (Å²) in [6.45, 7) is -1.51. The van der Waals surface area contributed by atoms with Crippen LogP contribution in [0.15, 0.2) is 29.2 Å². The fourth-order valence-electron chi connectivity index (χ4n) is 1.31. The third-order valence-corrected chi connectivity index (χ3v) is 4.07. The topological polar surface area (TPSA) is 49.4 Å². The Morgan fingerprint density at radius 1 is 1.22 bits per heavy atom. The van der Waals surface area contributed by atoms with E-state index >= 15 is 0 Å². The van der Waals surface area contributed by atoms with E-state index in [-0.39, 0.29) is 9.20 Å². The molecule has 0 unspecified atom stereocenters. The summed E-state index contributed by atoms with van der Waals surface area (Å²) >= 11 is 0.